The molecule has 24 heavy (non-hydrogen) atoms. The molecule has 2 aromatic rings. The van der Waals surface area contributed by atoms with E-state index in [1.54, 1.807) is 24.3 Å². The second kappa shape index (κ2) is 6.95. The SMILES string of the molecule is CCOc1ccc(S(=O)(=O)NC(c2ccc(C)cc2)C2CC2)cc1. The highest BCUT2D eigenvalue weighted by atomic mass is 32.2. The lowest BCUT2D eigenvalue weighted by atomic mass is 10.0. The molecule has 0 aliphatic heterocycles. The van der Waals surface area contributed by atoms with Crippen molar-refractivity contribution in [3.05, 3.63) is 59.7 Å². The topological polar surface area (TPSA) is 55.4 Å². The van der Waals surface area contributed by atoms with Crippen LogP contribution in [0.4, 0.5) is 0 Å². The van der Waals surface area contributed by atoms with Crippen LogP contribution in [0.5, 0.6) is 5.75 Å². The average molecular weight is 345 g/mol. The highest BCUT2D eigenvalue weighted by Crippen LogP contribution is 2.41. The smallest absolute Gasteiger partial charge is 0.241 e. The molecule has 0 saturated heterocycles. The second-order valence-electron chi connectivity index (χ2n) is 6.25. The summed E-state index contributed by atoms with van der Waals surface area (Å²) < 4.78 is 33.7. The lowest BCUT2D eigenvalue weighted by Gasteiger charge is -2.19. The first-order valence-corrected chi connectivity index (χ1v) is 9.79. The minimum absolute atomic E-state index is 0.165. The largest absolute Gasteiger partial charge is 0.494 e. The molecule has 0 spiro atoms. The van der Waals surface area contributed by atoms with E-state index < -0.39 is 10.0 Å². The summed E-state index contributed by atoms with van der Waals surface area (Å²) in [6, 6.07) is 14.5. The van der Waals surface area contributed by atoms with Gasteiger partial charge in [0.2, 0.25) is 10.0 Å². The zero-order chi connectivity index (χ0) is 17.2. The van der Waals surface area contributed by atoms with Gasteiger partial charge in [-0.1, -0.05) is 29.8 Å². The third-order valence-electron chi connectivity index (χ3n) is 4.26. The molecule has 1 aliphatic carbocycles. The molecule has 0 bridgehead atoms. The van der Waals surface area contributed by atoms with Crippen molar-refractivity contribution >= 4 is 10.0 Å². The van der Waals surface area contributed by atoms with Crippen LogP contribution >= 0.6 is 0 Å². The van der Waals surface area contributed by atoms with Crippen LogP contribution in [0.15, 0.2) is 53.4 Å². The minimum Gasteiger partial charge on any atom is -0.494 e. The lowest BCUT2D eigenvalue weighted by Crippen LogP contribution is -2.30. The maximum Gasteiger partial charge on any atom is 0.241 e. The van der Waals surface area contributed by atoms with E-state index in [4.69, 9.17) is 4.74 Å². The van der Waals surface area contributed by atoms with Crippen molar-refractivity contribution in [3.63, 3.8) is 0 Å². The Morgan fingerprint density at radius 1 is 1.08 bits per heavy atom. The van der Waals surface area contributed by atoms with Gasteiger partial charge in [-0.2, -0.15) is 0 Å². The predicted molar refractivity (Wildman–Crippen MR) is 94.6 cm³/mol. The van der Waals surface area contributed by atoms with Crippen molar-refractivity contribution < 1.29 is 13.2 Å². The molecule has 1 aliphatic rings. The molecule has 1 atom stereocenters. The van der Waals surface area contributed by atoms with Crippen molar-refractivity contribution in [1.29, 1.82) is 0 Å². The normalized spacial score (nSPS) is 15.9. The third-order valence-corrected chi connectivity index (χ3v) is 5.71. The molecule has 1 N–H and O–H groups in total. The Kier molecular flexibility index (Phi) is 4.92. The summed E-state index contributed by atoms with van der Waals surface area (Å²) in [6.45, 7) is 4.48. The van der Waals surface area contributed by atoms with Gasteiger partial charge in [-0.3, -0.25) is 0 Å². The van der Waals surface area contributed by atoms with Crippen molar-refractivity contribution in [3.8, 4) is 5.75 Å². The Labute approximate surface area is 143 Å². The molecule has 0 aromatic heterocycles. The van der Waals surface area contributed by atoms with E-state index in [1.165, 1.54) is 5.56 Å². The first-order valence-electron chi connectivity index (χ1n) is 8.31. The maximum absolute atomic E-state index is 12.7. The molecule has 5 heteroatoms. The first-order chi connectivity index (χ1) is 11.5. The third kappa shape index (κ3) is 3.97. The molecule has 128 valence electrons. The summed E-state index contributed by atoms with van der Waals surface area (Å²) in [5.41, 5.74) is 2.19. The number of benzene rings is 2. The minimum atomic E-state index is -3.56. The molecule has 2 aromatic carbocycles. The van der Waals surface area contributed by atoms with Gasteiger partial charge in [0.05, 0.1) is 11.5 Å². The van der Waals surface area contributed by atoms with Gasteiger partial charge in [0, 0.05) is 6.04 Å². The molecular weight excluding hydrogens is 322 g/mol. The fourth-order valence-corrected chi connectivity index (χ4v) is 4.05. The van der Waals surface area contributed by atoms with E-state index in [0.29, 0.717) is 18.3 Å². The molecule has 0 heterocycles. The van der Waals surface area contributed by atoms with Gasteiger partial charge in [0.15, 0.2) is 0 Å². The van der Waals surface area contributed by atoms with Crippen LogP contribution in [-0.2, 0) is 10.0 Å². The molecule has 1 fully saturated rings. The average Bonchev–Trinajstić information content (AvgIpc) is 3.39. The molecule has 1 saturated carbocycles. The number of rotatable bonds is 7. The van der Waals surface area contributed by atoms with Gasteiger partial charge >= 0.3 is 0 Å². The number of sulfonamides is 1. The van der Waals surface area contributed by atoms with Gasteiger partial charge in [0.1, 0.15) is 5.75 Å². The number of aryl methyl sites for hydroxylation is 1. The van der Waals surface area contributed by atoms with E-state index >= 15 is 0 Å². The van der Waals surface area contributed by atoms with Crippen LogP contribution in [0.3, 0.4) is 0 Å². The first kappa shape index (κ1) is 17.0. The van der Waals surface area contributed by atoms with Crippen LogP contribution < -0.4 is 9.46 Å². The Hall–Kier alpha value is -1.85. The highest BCUT2D eigenvalue weighted by Gasteiger charge is 2.35. The van der Waals surface area contributed by atoms with Gasteiger partial charge in [0.25, 0.3) is 0 Å². The summed E-state index contributed by atoms with van der Waals surface area (Å²) >= 11 is 0. The number of nitrogens with one attached hydrogen (secondary N) is 1. The van der Waals surface area contributed by atoms with Crippen molar-refractivity contribution in [2.24, 2.45) is 5.92 Å². The highest BCUT2D eigenvalue weighted by molar-refractivity contribution is 7.89. The van der Waals surface area contributed by atoms with E-state index in [1.807, 2.05) is 38.1 Å². The summed E-state index contributed by atoms with van der Waals surface area (Å²) in [7, 11) is -3.56. The van der Waals surface area contributed by atoms with E-state index in [-0.39, 0.29) is 10.9 Å². The number of hydrogen-bond donors (Lipinski definition) is 1. The summed E-state index contributed by atoms with van der Waals surface area (Å²) in [4.78, 5) is 0.267. The van der Waals surface area contributed by atoms with Crippen LogP contribution in [0.25, 0.3) is 0 Å². The van der Waals surface area contributed by atoms with E-state index in [9.17, 15) is 8.42 Å². The van der Waals surface area contributed by atoms with E-state index in [0.717, 1.165) is 18.4 Å². The molecule has 0 amide bonds. The second-order valence-corrected chi connectivity index (χ2v) is 7.97. The Morgan fingerprint density at radius 3 is 2.25 bits per heavy atom. The zero-order valence-corrected chi connectivity index (χ0v) is 14.8. The Bertz CT molecular complexity index is 778. The Balaban J connectivity index is 1.81. The van der Waals surface area contributed by atoms with Crippen LogP contribution in [-0.4, -0.2) is 15.0 Å². The molecule has 0 radical (unpaired) electrons. The van der Waals surface area contributed by atoms with Crippen molar-refractivity contribution in [2.45, 2.75) is 37.6 Å². The lowest BCUT2D eigenvalue weighted by molar-refractivity contribution is 0.340. The number of ether oxygens (including phenoxy) is 1. The Morgan fingerprint density at radius 2 is 1.71 bits per heavy atom. The molecule has 4 nitrogen and oxygen atoms in total. The summed E-state index contributed by atoms with van der Waals surface area (Å²) in [5, 5.41) is 0. The standard InChI is InChI=1S/C19H23NO3S/c1-3-23-17-10-12-18(13-11-17)24(21,22)20-19(16-8-9-16)15-6-4-14(2)5-7-15/h4-7,10-13,16,19-20H,3,8-9H2,1-2H3. The molecular formula is C19H23NO3S. The van der Waals surface area contributed by atoms with Gasteiger partial charge in [-0.25, -0.2) is 13.1 Å². The fourth-order valence-electron chi connectivity index (χ4n) is 2.76. The zero-order valence-electron chi connectivity index (χ0n) is 14.0. The summed E-state index contributed by atoms with van der Waals surface area (Å²) in [5.74, 6) is 1.05. The number of hydrogen-bond acceptors (Lipinski definition) is 3. The van der Waals surface area contributed by atoms with Crippen molar-refractivity contribution in [2.75, 3.05) is 6.61 Å². The van der Waals surface area contributed by atoms with Gasteiger partial charge < -0.3 is 4.74 Å². The van der Waals surface area contributed by atoms with Crippen LogP contribution in [0.2, 0.25) is 0 Å². The van der Waals surface area contributed by atoms with Gasteiger partial charge in [-0.15, -0.1) is 0 Å². The van der Waals surface area contributed by atoms with Crippen LogP contribution in [0, 0.1) is 12.8 Å². The van der Waals surface area contributed by atoms with E-state index in [2.05, 4.69) is 4.72 Å². The summed E-state index contributed by atoms with van der Waals surface area (Å²) in [6.07, 6.45) is 2.12. The molecule has 1 unspecified atom stereocenters. The van der Waals surface area contributed by atoms with Crippen molar-refractivity contribution in [1.82, 2.24) is 4.72 Å². The fraction of sp³-hybridized carbons (Fsp3) is 0.368. The monoisotopic (exact) mass is 345 g/mol. The predicted octanol–water partition coefficient (Wildman–Crippen LogP) is 3.82. The van der Waals surface area contributed by atoms with Gasteiger partial charge in [-0.05, 0) is 62.4 Å². The molecule has 3 rings (SSSR count). The van der Waals surface area contributed by atoms with Crippen LogP contribution in [0.1, 0.15) is 36.9 Å². The quantitative estimate of drug-likeness (QED) is 0.830. The maximum atomic E-state index is 12.7.